The SMILES string of the molecule is CCOC(=O)c1nn(-c2cccc(Br)c2)c(=O)cc1OS(=O)(=O)c1ccc(F)cc1F. The van der Waals surface area contributed by atoms with Gasteiger partial charge in [0, 0.05) is 10.5 Å². The smallest absolute Gasteiger partial charge is 0.362 e. The maximum absolute atomic E-state index is 14.0. The number of hydrogen-bond acceptors (Lipinski definition) is 7. The molecule has 0 fully saturated rings. The highest BCUT2D eigenvalue weighted by molar-refractivity contribution is 9.10. The third kappa shape index (κ3) is 4.97. The van der Waals surface area contributed by atoms with Crippen LogP contribution >= 0.6 is 15.9 Å². The molecule has 8 nitrogen and oxygen atoms in total. The van der Waals surface area contributed by atoms with Crippen molar-refractivity contribution in [2.75, 3.05) is 6.61 Å². The van der Waals surface area contributed by atoms with Crippen molar-refractivity contribution >= 4 is 32.0 Å². The summed E-state index contributed by atoms with van der Waals surface area (Å²) in [7, 11) is -4.88. The lowest BCUT2D eigenvalue weighted by Gasteiger charge is -2.13. The third-order valence-electron chi connectivity index (χ3n) is 3.78. The average molecular weight is 515 g/mol. The van der Waals surface area contributed by atoms with Gasteiger partial charge in [-0.05, 0) is 37.3 Å². The summed E-state index contributed by atoms with van der Waals surface area (Å²) < 4.78 is 63.2. The van der Waals surface area contributed by atoms with E-state index in [2.05, 4.69) is 21.0 Å². The maximum atomic E-state index is 14.0. The van der Waals surface area contributed by atoms with Crippen LogP contribution in [0, 0.1) is 11.6 Å². The van der Waals surface area contributed by atoms with Crippen LogP contribution in [0.25, 0.3) is 5.69 Å². The molecule has 1 heterocycles. The summed E-state index contributed by atoms with van der Waals surface area (Å²) in [5.41, 5.74) is -1.20. The Morgan fingerprint density at radius 3 is 2.55 bits per heavy atom. The van der Waals surface area contributed by atoms with Gasteiger partial charge in [-0.3, -0.25) is 4.79 Å². The molecule has 3 aromatic rings. The van der Waals surface area contributed by atoms with Crippen LogP contribution < -0.4 is 9.74 Å². The highest BCUT2D eigenvalue weighted by Gasteiger charge is 2.27. The number of rotatable bonds is 6. The Morgan fingerprint density at radius 1 is 1.16 bits per heavy atom. The van der Waals surface area contributed by atoms with Crippen LogP contribution in [-0.4, -0.2) is 30.8 Å². The standard InChI is InChI=1S/C19H13BrF2N2O6S/c1-2-29-19(26)18-15(30-31(27,28)16-7-6-12(21)9-14(16)22)10-17(25)24(23-18)13-5-3-4-11(20)8-13/h3-10H,2H2,1H3. The fourth-order valence-corrected chi connectivity index (χ4v) is 3.85. The first-order valence-electron chi connectivity index (χ1n) is 8.59. The van der Waals surface area contributed by atoms with Gasteiger partial charge in [0.1, 0.15) is 16.5 Å². The lowest BCUT2D eigenvalue weighted by molar-refractivity contribution is 0.0515. The van der Waals surface area contributed by atoms with Crippen molar-refractivity contribution in [3.8, 4) is 11.4 Å². The van der Waals surface area contributed by atoms with Gasteiger partial charge in [0.2, 0.25) is 5.69 Å². The molecule has 31 heavy (non-hydrogen) atoms. The van der Waals surface area contributed by atoms with E-state index in [9.17, 15) is 26.8 Å². The largest absolute Gasteiger partial charge is 0.461 e. The van der Waals surface area contributed by atoms with Crippen LogP contribution in [0.5, 0.6) is 5.75 Å². The molecule has 0 N–H and O–H groups in total. The highest BCUT2D eigenvalue weighted by atomic mass is 79.9. The topological polar surface area (TPSA) is 105 Å². The molecule has 0 bridgehead atoms. The van der Waals surface area contributed by atoms with Crippen molar-refractivity contribution in [1.82, 2.24) is 9.78 Å². The molecular formula is C19H13BrF2N2O6S. The zero-order chi connectivity index (χ0) is 22.8. The summed E-state index contributed by atoms with van der Waals surface area (Å²) in [5, 5.41) is 3.88. The number of nitrogens with zero attached hydrogens (tertiary/aromatic N) is 2. The Bertz CT molecular complexity index is 1330. The first-order valence-corrected chi connectivity index (χ1v) is 10.8. The molecule has 2 aromatic carbocycles. The molecule has 0 aliphatic carbocycles. The minimum Gasteiger partial charge on any atom is -0.461 e. The summed E-state index contributed by atoms with van der Waals surface area (Å²) in [6.45, 7) is 1.43. The minimum atomic E-state index is -4.88. The van der Waals surface area contributed by atoms with Gasteiger partial charge in [0.05, 0.1) is 18.4 Å². The summed E-state index contributed by atoms with van der Waals surface area (Å²) in [4.78, 5) is 23.9. The van der Waals surface area contributed by atoms with Gasteiger partial charge in [-0.1, -0.05) is 22.0 Å². The quantitative estimate of drug-likeness (QED) is 0.367. The second kappa shape index (κ2) is 8.94. The van der Waals surface area contributed by atoms with Crippen LogP contribution in [-0.2, 0) is 14.9 Å². The van der Waals surface area contributed by atoms with E-state index in [1.807, 2.05) is 0 Å². The number of carbonyl (C=O) groups is 1. The van der Waals surface area contributed by atoms with Crippen molar-refractivity contribution in [3.63, 3.8) is 0 Å². The van der Waals surface area contributed by atoms with Crippen LogP contribution in [0.4, 0.5) is 8.78 Å². The molecule has 12 heteroatoms. The van der Waals surface area contributed by atoms with Crippen LogP contribution in [0.3, 0.4) is 0 Å². The average Bonchev–Trinajstić information content (AvgIpc) is 2.67. The van der Waals surface area contributed by atoms with Gasteiger partial charge in [-0.2, -0.15) is 18.2 Å². The predicted octanol–water partition coefficient (Wildman–Crippen LogP) is 3.22. The lowest BCUT2D eigenvalue weighted by Crippen LogP contribution is -2.26. The van der Waals surface area contributed by atoms with Crippen molar-refractivity contribution in [2.45, 2.75) is 11.8 Å². The Kier molecular flexibility index (Phi) is 6.51. The van der Waals surface area contributed by atoms with E-state index in [-0.39, 0.29) is 12.3 Å². The predicted molar refractivity (Wildman–Crippen MR) is 108 cm³/mol. The van der Waals surface area contributed by atoms with Crippen LogP contribution in [0.1, 0.15) is 17.4 Å². The molecule has 0 spiro atoms. The first-order chi connectivity index (χ1) is 14.6. The van der Waals surface area contributed by atoms with Gasteiger partial charge in [-0.25, -0.2) is 13.6 Å². The Labute approximate surface area is 183 Å². The third-order valence-corrected chi connectivity index (χ3v) is 5.54. The highest BCUT2D eigenvalue weighted by Crippen LogP contribution is 2.24. The molecule has 0 saturated heterocycles. The van der Waals surface area contributed by atoms with E-state index in [0.29, 0.717) is 22.7 Å². The van der Waals surface area contributed by atoms with Gasteiger partial charge in [0.25, 0.3) is 5.56 Å². The van der Waals surface area contributed by atoms with Gasteiger partial charge >= 0.3 is 16.1 Å². The maximum Gasteiger partial charge on any atom is 0.362 e. The molecule has 0 aliphatic rings. The molecule has 0 atom stereocenters. The molecule has 0 radical (unpaired) electrons. The number of hydrogen-bond donors (Lipinski definition) is 0. The first kappa shape index (κ1) is 22.6. The van der Waals surface area contributed by atoms with Crippen LogP contribution in [0.15, 0.2) is 62.7 Å². The van der Waals surface area contributed by atoms with Crippen LogP contribution in [0.2, 0.25) is 0 Å². The number of aromatic nitrogens is 2. The van der Waals surface area contributed by atoms with E-state index in [1.54, 1.807) is 12.1 Å². The molecule has 3 rings (SSSR count). The Balaban J connectivity index is 2.14. The van der Waals surface area contributed by atoms with Gasteiger partial charge in [-0.15, -0.1) is 0 Å². The van der Waals surface area contributed by atoms with Crippen molar-refractivity contribution in [2.24, 2.45) is 0 Å². The normalized spacial score (nSPS) is 11.2. The second-order valence-electron chi connectivity index (χ2n) is 5.92. The Morgan fingerprint density at radius 2 is 1.90 bits per heavy atom. The van der Waals surface area contributed by atoms with Crippen molar-refractivity contribution in [1.29, 1.82) is 0 Å². The second-order valence-corrected chi connectivity index (χ2v) is 8.35. The molecule has 0 aliphatic heterocycles. The van der Waals surface area contributed by atoms with E-state index in [1.165, 1.54) is 19.1 Å². The van der Waals surface area contributed by atoms with Crippen molar-refractivity contribution < 1.29 is 30.9 Å². The zero-order valence-electron chi connectivity index (χ0n) is 15.7. The van der Waals surface area contributed by atoms with E-state index >= 15 is 0 Å². The molecular weight excluding hydrogens is 502 g/mol. The number of halogens is 3. The van der Waals surface area contributed by atoms with E-state index in [4.69, 9.17) is 8.92 Å². The summed E-state index contributed by atoms with van der Waals surface area (Å²) in [6, 6.07) is 8.81. The fourth-order valence-electron chi connectivity index (χ4n) is 2.48. The van der Waals surface area contributed by atoms with Crippen molar-refractivity contribution in [3.05, 3.63) is 80.7 Å². The zero-order valence-corrected chi connectivity index (χ0v) is 18.1. The Hall–Kier alpha value is -3.12. The summed E-state index contributed by atoms with van der Waals surface area (Å²) >= 11 is 3.25. The fraction of sp³-hybridized carbons (Fsp3) is 0.105. The molecule has 1 aromatic heterocycles. The molecule has 0 unspecified atom stereocenters. The molecule has 0 amide bonds. The minimum absolute atomic E-state index is 0.0741. The van der Waals surface area contributed by atoms with Gasteiger partial charge in [0.15, 0.2) is 5.75 Å². The number of ether oxygens (including phenoxy) is 1. The van der Waals surface area contributed by atoms with E-state index in [0.717, 1.165) is 10.7 Å². The number of benzene rings is 2. The van der Waals surface area contributed by atoms with Gasteiger partial charge < -0.3 is 8.92 Å². The molecule has 162 valence electrons. The number of carbonyl (C=O) groups excluding carboxylic acids is 1. The summed E-state index contributed by atoms with van der Waals surface area (Å²) in [6.07, 6.45) is 0. The summed E-state index contributed by atoms with van der Waals surface area (Å²) in [5.74, 6) is -4.25. The number of esters is 1. The van der Waals surface area contributed by atoms with E-state index < -0.39 is 49.6 Å². The monoisotopic (exact) mass is 514 g/mol. The molecule has 0 saturated carbocycles. The lowest BCUT2D eigenvalue weighted by atomic mass is 10.3.